The lowest BCUT2D eigenvalue weighted by Crippen LogP contribution is -2.38. The molecule has 0 saturated carbocycles. The quantitative estimate of drug-likeness (QED) is 0.835. The van der Waals surface area contributed by atoms with Crippen molar-refractivity contribution in [3.63, 3.8) is 0 Å². The molecule has 1 heterocycles. The van der Waals surface area contributed by atoms with Crippen LogP contribution in [-0.4, -0.2) is 43.3 Å². The summed E-state index contributed by atoms with van der Waals surface area (Å²) < 4.78 is 1.12. The minimum atomic E-state index is 0.332. The summed E-state index contributed by atoms with van der Waals surface area (Å²) in [4.78, 5) is 2.49. The molecule has 1 aromatic carbocycles. The van der Waals surface area contributed by atoms with Gasteiger partial charge in [-0.15, -0.1) is 0 Å². The van der Waals surface area contributed by atoms with Crippen molar-refractivity contribution >= 4 is 15.9 Å². The molecule has 1 aromatic rings. The number of halogens is 1. The fourth-order valence-corrected chi connectivity index (χ4v) is 3.25. The highest BCUT2D eigenvalue weighted by Crippen LogP contribution is 2.21. The normalized spacial score (nSPS) is 21.9. The van der Waals surface area contributed by atoms with E-state index < -0.39 is 0 Å². The van der Waals surface area contributed by atoms with Crippen LogP contribution in [0.15, 0.2) is 28.7 Å². The molecule has 0 aromatic heterocycles. The first-order chi connectivity index (χ1) is 9.72. The Kier molecular flexibility index (Phi) is 6.49. The van der Waals surface area contributed by atoms with Gasteiger partial charge in [0.05, 0.1) is 0 Å². The van der Waals surface area contributed by atoms with Crippen molar-refractivity contribution in [1.29, 1.82) is 0 Å². The Morgan fingerprint density at radius 2 is 2.15 bits per heavy atom. The van der Waals surface area contributed by atoms with Gasteiger partial charge in [0.25, 0.3) is 0 Å². The molecule has 0 spiro atoms. The number of aliphatic hydroxyl groups excluding tert-OH is 1. The molecular formula is C16H25BrN2O. The molecular weight excluding hydrogens is 316 g/mol. The highest BCUT2D eigenvalue weighted by molar-refractivity contribution is 9.10. The minimum Gasteiger partial charge on any atom is -0.396 e. The second-order valence-corrected chi connectivity index (χ2v) is 6.59. The lowest BCUT2D eigenvalue weighted by Gasteiger charge is -2.32. The third-order valence-electron chi connectivity index (χ3n) is 4.22. The molecule has 0 bridgehead atoms. The predicted octanol–water partition coefficient (Wildman–Crippen LogP) is 2.80. The number of piperidine rings is 1. The largest absolute Gasteiger partial charge is 0.396 e. The molecule has 1 aliphatic rings. The Labute approximate surface area is 130 Å². The van der Waals surface area contributed by atoms with Crippen molar-refractivity contribution in [3.8, 4) is 0 Å². The Bertz CT molecular complexity index is 396. The van der Waals surface area contributed by atoms with Crippen LogP contribution >= 0.6 is 15.9 Å². The van der Waals surface area contributed by atoms with Crippen molar-refractivity contribution in [2.24, 2.45) is 5.92 Å². The number of likely N-dealkylation sites (tertiary alicyclic amines) is 1. The maximum atomic E-state index is 9.29. The molecule has 1 fully saturated rings. The molecule has 2 N–H and O–H groups in total. The van der Waals surface area contributed by atoms with Crippen molar-refractivity contribution in [1.82, 2.24) is 10.2 Å². The van der Waals surface area contributed by atoms with E-state index in [2.05, 4.69) is 50.4 Å². The van der Waals surface area contributed by atoms with Crippen LogP contribution in [0.3, 0.4) is 0 Å². The van der Waals surface area contributed by atoms with Crippen LogP contribution < -0.4 is 5.32 Å². The third kappa shape index (κ3) is 4.55. The van der Waals surface area contributed by atoms with Crippen molar-refractivity contribution < 1.29 is 5.11 Å². The molecule has 2 unspecified atom stereocenters. The van der Waals surface area contributed by atoms with Gasteiger partial charge >= 0.3 is 0 Å². The van der Waals surface area contributed by atoms with Crippen LogP contribution in [0.1, 0.15) is 30.9 Å². The Morgan fingerprint density at radius 1 is 1.40 bits per heavy atom. The number of hydrogen-bond donors (Lipinski definition) is 2. The van der Waals surface area contributed by atoms with Crippen LogP contribution in [0, 0.1) is 5.92 Å². The molecule has 20 heavy (non-hydrogen) atoms. The summed E-state index contributed by atoms with van der Waals surface area (Å²) in [5.41, 5.74) is 1.34. The molecule has 2 rings (SSSR count). The smallest absolute Gasteiger partial charge is 0.0471 e. The highest BCUT2D eigenvalue weighted by Gasteiger charge is 2.20. The van der Waals surface area contributed by atoms with E-state index in [1.165, 1.54) is 24.9 Å². The highest BCUT2D eigenvalue weighted by atomic mass is 79.9. The molecule has 0 aliphatic carbocycles. The number of benzene rings is 1. The van der Waals surface area contributed by atoms with E-state index in [1.807, 2.05) is 7.05 Å². The van der Waals surface area contributed by atoms with E-state index in [1.54, 1.807) is 0 Å². The van der Waals surface area contributed by atoms with E-state index in [0.29, 0.717) is 18.6 Å². The van der Waals surface area contributed by atoms with Gasteiger partial charge in [-0.2, -0.15) is 0 Å². The fraction of sp³-hybridized carbons (Fsp3) is 0.625. The van der Waals surface area contributed by atoms with Crippen LogP contribution in [0.5, 0.6) is 0 Å². The first-order valence-corrected chi connectivity index (χ1v) is 8.28. The molecule has 2 atom stereocenters. The third-order valence-corrected chi connectivity index (χ3v) is 4.74. The van der Waals surface area contributed by atoms with Gasteiger partial charge in [-0.1, -0.05) is 28.1 Å². The second-order valence-electron chi connectivity index (χ2n) is 5.67. The van der Waals surface area contributed by atoms with Crippen LogP contribution in [0.25, 0.3) is 0 Å². The summed E-state index contributed by atoms with van der Waals surface area (Å²) in [6.45, 7) is 3.65. The summed E-state index contributed by atoms with van der Waals surface area (Å²) in [5, 5.41) is 12.7. The van der Waals surface area contributed by atoms with E-state index in [0.717, 1.165) is 24.0 Å². The summed E-state index contributed by atoms with van der Waals surface area (Å²) in [6.07, 6.45) is 3.50. The van der Waals surface area contributed by atoms with Crippen molar-refractivity contribution in [2.45, 2.75) is 25.3 Å². The number of hydrogen-bond acceptors (Lipinski definition) is 3. The zero-order valence-electron chi connectivity index (χ0n) is 12.2. The van der Waals surface area contributed by atoms with Crippen molar-refractivity contribution in [3.05, 3.63) is 34.3 Å². The summed E-state index contributed by atoms with van der Waals surface area (Å²) in [7, 11) is 2.03. The standard InChI is InChI=1S/C16H25BrN2O/c1-18-16(14-4-6-15(17)7-5-14)8-10-19-9-2-3-13(11-19)12-20/h4-7,13,16,18,20H,2-3,8-12H2,1H3. The Morgan fingerprint density at radius 3 is 2.80 bits per heavy atom. The number of rotatable bonds is 6. The average Bonchev–Trinajstić information content (AvgIpc) is 2.50. The second kappa shape index (κ2) is 8.13. The maximum absolute atomic E-state index is 9.29. The molecule has 1 aliphatic heterocycles. The summed E-state index contributed by atoms with van der Waals surface area (Å²) in [6, 6.07) is 8.96. The van der Waals surface area contributed by atoms with Crippen LogP contribution in [-0.2, 0) is 0 Å². The Hall–Kier alpha value is -0.420. The van der Waals surface area contributed by atoms with Gasteiger partial charge in [0.1, 0.15) is 0 Å². The first-order valence-electron chi connectivity index (χ1n) is 7.49. The van der Waals surface area contributed by atoms with Gasteiger partial charge < -0.3 is 15.3 Å². The zero-order chi connectivity index (χ0) is 14.4. The maximum Gasteiger partial charge on any atom is 0.0471 e. The zero-order valence-corrected chi connectivity index (χ0v) is 13.8. The molecule has 0 radical (unpaired) electrons. The van der Waals surface area contributed by atoms with Gasteiger partial charge in [-0.3, -0.25) is 0 Å². The van der Waals surface area contributed by atoms with Gasteiger partial charge in [-0.25, -0.2) is 0 Å². The minimum absolute atomic E-state index is 0.332. The fourth-order valence-electron chi connectivity index (χ4n) is 2.99. The lowest BCUT2D eigenvalue weighted by molar-refractivity contribution is 0.117. The van der Waals surface area contributed by atoms with Crippen LogP contribution in [0.2, 0.25) is 0 Å². The topological polar surface area (TPSA) is 35.5 Å². The van der Waals surface area contributed by atoms with Gasteiger partial charge in [0, 0.05) is 23.7 Å². The van der Waals surface area contributed by atoms with Crippen molar-refractivity contribution in [2.75, 3.05) is 33.3 Å². The monoisotopic (exact) mass is 340 g/mol. The molecule has 4 heteroatoms. The number of nitrogens with zero attached hydrogens (tertiary/aromatic N) is 1. The van der Waals surface area contributed by atoms with E-state index in [9.17, 15) is 5.11 Å². The molecule has 1 saturated heterocycles. The van der Waals surface area contributed by atoms with Gasteiger partial charge in [-0.05, 0) is 63.0 Å². The first kappa shape index (κ1) is 16.0. The molecule has 112 valence electrons. The predicted molar refractivity (Wildman–Crippen MR) is 86.8 cm³/mol. The molecule has 0 amide bonds. The van der Waals surface area contributed by atoms with Crippen LogP contribution in [0.4, 0.5) is 0 Å². The lowest BCUT2D eigenvalue weighted by atomic mass is 9.98. The number of aliphatic hydroxyl groups is 1. The van der Waals surface area contributed by atoms with Gasteiger partial charge in [0.2, 0.25) is 0 Å². The Balaban J connectivity index is 1.85. The van der Waals surface area contributed by atoms with E-state index >= 15 is 0 Å². The average molecular weight is 341 g/mol. The van der Waals surface area contributed by atoms with Gasteiger partial charge in [0.15, 0.2) is 0 Å². The molecule has 3 nitrogen and oxygen atoms in total. The SMILES string of the molecule is CNC(CCN1CCCC(CO)C1)c1ccc(Br)cc1. The van der Waals surface area contributed by atoms with E-state index in [4.69, 9.17) is 0 Å². The summed E-state index contributed by atoms with van der Waals surface area (Å²) in [5.74, 6) is 0.476. The summed E-state index contributed by atoms with van der Waals surface area (Å²) >= 11 is 3.48. The van der Waals surface area contributed by atoms with E-state index in [-0.39, 0.29) is 0 Å². The number of nitrogens with one attached hydrogen (secondary N) is 1.